The Hall–Kier alpha value is -1.99. The van der Waals surface area contributed by atoms with Crippen molar-refractivity contribution in [3.8, 4) is 0 Å². The van der Waals surface area contributed by atoms with E-state index in [1.807, 2.05) is 19.1 Å². The van der Waals surface area contributed by atoms with Crippen LogP contribution in [0.5, 0.6) is 0 Å². The van der Waals surface area contributed by atoms with Crippen LogP contribution in [0.15, 0.2) is 40.9 Å². The largest absolute Gasteiger partial charge is 0.354 e. The summed E-state index contributed by atoms with van der Waals surface area (Å²) in [4.78, 5) is 21.0. The predicted octanol–water partition coefficient (Wildman–Crippen LogP) is 3.05. The lowest BCUT2D eigenvalue weighted by Crippen LogP contribution is -2.49. The quantitative estimate of drug-likeness (QED) is 0.847. The van der Waals surface area contributed by atoms with Gasteiger partial charge in [0.15, 0.2) is 0 Å². The number of pyridine rings is 1. The Bertz CT molecular complexity index is 762. The van der Waals surface area contributed by atoms with Crippen molar-refractivity contribution >= 4 is 33.3 Å². The number of rotatable bonds is 4. The first-order chi connectivity index (χ1) is 12.0. The van der Waals surface area contributed by atoms with Gasteiger partial charge in [-0.15, -0.1) is 0 Å². The van der Waals surface area contributed by atoms with Gasteiger partial charge in [0.1, 0.15) is 11.6 Å². The van der Waals surface area contributed by atoms with Crippen LogP contribution in [-0.2, 0) is 4.79 Å². The Morgan fingerprint density at radius 2 is 1.92 bits per heavy atom. The SMILES string of the molecule is Cc1nc(N2CCN(CC(=O)Nc3ccccc3F)CC2)ccc1Br. The zero-order valence-electron chi connectivity index (χ0n) is 14.0. The molecule has 0 atom stereocenters. The summed E-state index contributed by atoms with van der Waals surface area (Å²) in [5.41, 5.74) is 1.19. The van der Waals surface area contributed by atoms with Crippen molar-refractivity contribution in [3.63, 3.8) is 0 Å². The predicted molar refractivity (Wildman–Crippen MR) is 100 cm³/mol. The molecule has 1 aliphatic rings. The number of aromatic nitrogens is 1. The number of benzene rings is 1. The number of halogens is 2. The minimum Gasteiger partial charge on any atom is -0.354 e. The lowest BCUT2D eigenvalue weighted by Gasteiger charge is -2.35. The minimum absolute atomic E-state index is 0.198. The van der Waals surface area contributed by atoms with Crippen LogP contribution in [0.25, 0.3) is 0 Å². The number of piperazine rings is 1. The first-order valence-electron chi connectivity index (χ1n) is 8.18. The maximum atomic E-state index is 13.6. The van der Waals surface area contributed by atoms with E-state index in [2.05, 4.69) is 36.0 Å². The smallest absolute Gasteiger partial charge is 0.238 e. The molecule has 1 aliphatic heterocycles. The molecule has 1 fully saturated rings. The van der Waals surface area contributed by atoms with Crippen molar-refractivity contribution < 1.29 is 9.18 Å². The number of hydrogen-bond donors (Lipinski definition) is 1. The molecule has 1 N–H and O–H groups in total. The molecule has 25 heavy (non-hydrogen) atoms. The molecule has 0 radical (unpaired) electrons. The number of carbonyl (C=O) groups is 1. The van der Waals surface area contributed by atoms with Gasteiger partial charge in [0, 0.05) is 30.7 Å². The summed E-state index contributed by atoms with van der Waals surface area (Å²) in [5, 5.41) is 2.63. The highest BCUT2D eigenvalue weighted by Gasteiger charge is 2.20. The Balaban J connectivity index is 1.51. The zero-order chi connectivity index (χ0) is 17.8. The molecule has 1 amide bonds. The molecule has 1 aromatic carbocycles. The van der Waals surface area contributed by atoms with E-state index >= 15 is 0 Å². The number of anilines is 2. The summed E-state index contributed by atoms with van der Waals surface area (Å²) in [5.74, 6) is 0.338. The molecule has 2 heterocycles. The van der Waals surface area contributed by atoms with E-state index in [1.165, 1.54) is 6.07 Å². The molecule has 0 aliphatic carbocycles. The van der Waals surface area contributed by atoms with E-state index in [0.29, 0.717) is 0 Å². The summed E-state index contributed by atoms with van der Waals surface area (Å²) >= 11 is 3.46. The Kier molecular flexibility index (Phi) is 5.65. The second-order valence-corrected chi connectivity index (χ2v) is 6.88. The van der Waals surface area contributed by atoms with Crippen molar-refractivity contribution in [1.82, 2.24) is 9.88 Å². The van der Waals surface area contributed by atoms with Crippen LogP contribution in [0.1, 0.15) is 5.69 Å². The molecule has 0 bridgehead atoms. The second-order valence-electron chi connectivity index (χ2n) is 6.03. The highest BCUT2D eigenvalue weighted by molar-refractivity contribution is 9.10. The fourth-order valence-corrected chi connectivity index (χ4v) is 3.02. The van der Waals surface area contributed by atoms with E-state index in [0.717, 1.165) is 42.2 Å². The van der Waals surface area contributed by atoms with Crippen molar-refractivity contribution in [1.29, 1.82) is 0 Å². The van der Waals surface area contributed by atoms with Crippen LogP contribution in [0.4, 0.5) is 15.9 Å². The zero-order valence-corrected chi connectivity index (χ0v) is 15.6. The topological polar surface area (TPSA) is 48.5 Å². The molecular formula is C18H20BrFN4O. The van der Waals surface area contributed by atoms with Gasteiger partial charge in [-0.3, -0.25) is 9.69 Å². The van der Waals surface area contributed by atoms with Crippen LogP contribution >= 0.6 is 15.9 Å². The lowest BCUT2D eigenvalue weighted by atomic mass is 10.2. The van der Waals surface area contributed by atoms with Crippen LogP contribution in [0.2, 0.25) is 0 Å². The number of amides is 1. The summed E-state index contributed by atoms with van der Waals surface area (Å²) in [6.07, 6.45) is 0. The van der Waals surface area contributed by atoms with Gasteiger partial charge in [-0.1, -0.05) is 12.1 Å². The highest BCUT2D eigenvalue weighted by atomic mass is 79.9. The van der Waals surface area contributed by atoms with E-state index in [9.17, 15) is 9.18 Å². The van der Waals surface area contributed by atoms with E-state index in [1.54, 1.807) is 18.2 Å². The number of nitrogens with one attached hydrogen (secondary N) is 1. The minimum atomic E-state index is -0.419. The first-order valence-corrected chi connectivity index (χ1v) is 8.97. The van der Waals surface area contributed by atoms with Gasteiger partial charge < -0.3 is 10.2 Å². The van der Waals surface area contributed by atoms with Crippen LogP contribution in [0, 0.1) is 12.7 Å². The molecule has 132 valence electrons. The molecule has 7 heteroatoms. The lowest BCUT2D eigenvalue weighted by molar-refractivity contribution is -0.117. The summed E-state index contributed by atoms with van der Waals surface area (Å²) in [6.45, 7) is 5.37. The van der Waals surface area contributed by atoms with Crippen molar-refractivity contribution in [2.75, 3.05) is 42.9 Å². The van der Waals surface area contributed by atoms with Gasteiger partial charge in [0.05, 0.1) is 17.9 Å². The average Bonchev–Trinajstić information content (AvgIpc) is 2.60. The molecule has 5 nitrogen and oxygen atoms in total. The molecule has 3 rings (SSSR count). The van der Waals surface area contributed by atoms with Gasteiger partial charge in [-0.2, -0.15) is 0 Å². The number of carbonyl (C=O) groups excluding carboxylic acids is 1. The van der Waals surface area contributed by atoms with Crippen LogP contribution in [0.3, 0.4) is 0 Å². The summed E-state index contributed by atoms with van der Waals surface area (Å²) < 4.78 is 14.6. The van der Waals surface area contributed by atoms with Gasteiger partial charge in [0.25, 0.3) is 0 Å². The maximum absolute atomic E-state index is 13.6. The van der Waals surface area contributed by atoms with Crippen LogP contribution in [-0.4, -0.2) is 48.5 Å². The highest BCUT2D eigenvalue weighted by Crippen LogP contribution is 2.20. The van der Waals surface area contributed by atoms with E-state index in [-0.39, 0.29) is 18.1 Å². The Morgan fingerprint density at radius 3 is 2.60 bits per heavy atom. The second kappa shape index (κ2) is 7.93. The number of para-hydroxylation sites is 1. The van der Waals surface area contributed by atoms with Gasteiger partial charge >= 0.3 is 0 Å². The van der Waals surface area contributed by atoms with E-state index in [4.69, 9.17) is 0 Å². The standard InChI is InChI=1S/C18H20BrFN4O/c1-13-14(19)6-7-17(21-13)24-10-8-23(9-11-24)12-18(25)22-16-5-3-2-4-15(16)20/h2-7H,8-12H2,1H3,(H,22,25). The van der Waals surface area contributed by atoms with Crippen molar-refractivity contribution in [2.45, 2.75) is 6.92 Å². The maximum Gasteiger partial charge on any atom is 0.238 e. The molecule has 0 unspecified atom stereocenters. The third-order valence-corrected chi connectivity index (χ3v) is 5.06. The Labute approximate surface area is 155 Å². The summed E-state index contributed by atoms with van der Waals surface area (Å²) in [6, 6.07) is 10.2. The molecule has 0 saturated carbocycles. The Morgan fingerprint density at radius 1 is 1.20 bits per heavy atom. The summed E-state index contributed by atoms with van der Waals surface area (Å²) in [7, 11) is 0. The van der Waals surface area contributed by atoms with Gasteiger partial charge in [-0.05, 0) is 47.1 Å². The van der Waals surface area contributed by atoms with Crippen LogP contribution < -0.4 is 10.2 Å². The number of nitrogens with zero attached hydrogens (tertiary/aromatic N) is 3. The molecule has 1 aromatic heterocycles. The third-order valence-electron chi connectivity index (χ3n) is 4.22. The third kappa shape index (κ3) is 4.55. The van der Waals surface area contributed by atoms with Crippen molar-refractivity contribution in [2.24, 2.45) is 0 Å². The molecule has 1 saturated heterocycles. The average molecular weight is 407 g/mol. The fraction of sp³-hybridized carbons (Fsp3) is 0.333. The first kappa shape index (κ1) is 17.8. The van der Waals surface area contributed by atoms with E-state index < -0.39 is 5.82 Å². The molecule has 2 aromatic rings. The molecular weight excluding hydrogens is 387 g/mol. The molecule has 0 spiro atoms. The van der Waals surface area contributed by atoms with Crippen molar-refractivity contribution in [3.05, 3.63) is 52.4 Å². The number of hydrogen-bond acceptors (Lipinski definition) is 4. The number of aryl methyl sites for hydroxylation is 1. The van der Waals surface area contributed by atoms with Gasteiger partial charge in [0.2, 0.25) is 5.91 Å². The normalized spacial score (nSPS) is 15.2. The fourth-order valence-electron chi connectivity index (χ4n) is 2.80. The van der Waals surface area contributed by atoms with Gasteiger partial charge in [-0.25, -0.2) is 9.37 Å². The monoisotopic (exact) mass is 406 g/mol.